The second-order valence-electron chi connectivity index (χ2n) is 7.49. The highest BCUT2D eigenvalue weighted by molar-refractivity contribution is 7.09. The molecule has 2 aliphatic rings. The molecular formula is C20H28N4OS. The van der Waals surface area contributed by atoms with E-state index in [0.29, 0.717) is 19.0 Å². The molecule has 2 aromatic rings. The third kappa shape index (κ3) is 3.86. The molecule has 1 aliphatic carbocycles. The van der Waals surface area contributed by atoms with E-state index >= 15 is 0 Å². The molecular weight excluding hydrogens is 344 g/mol. The van der Waals surface area contributed by atoms with E-state index in [0.717, 1.165) is 37.1 Å². The van der Waals surface area contributed by atoms with E-state index in [-0.39, 0.29) is 5.91 Å². The van der Waals surface area contributed by atoms with Gasteiger partial charge < -0.3 is 9.88 Å². The number of carbonyl (C=O) groups is 1. The number of imidazole rings is 1. The van der Waals surface area contributed by atoms with Crippen molar-refractivity contribution < 1.29 is 4.79 Å². The lowest BCUT2D eigenvalue weighted by molar-refractivity contribution is -0.120. The van der Waals surface area contributed by atoms with Gasteiger partial charge in [-0.05, 0) is 37.6 Å². The van der Waals surface area contributed by atoms with Crippen LogP contribution in [0.4, 0.5) is 0 Å². The summed E-state index contributed by atoms with van der Waals surface area (Å²) in [6, 6.07) is 5.23. The van der Waals surface area contributed by atoms with E-state index in [2.05, 4.69) is 39.4 Å². The van der Waals surface area contributed by atoms with E-state index in [1.54, 1.807) is 11.3 Å². The third-order valence-corrected chi connectivity index (χ3v) is 6.67. The number of hydrogen-bond acceptors (Lipinski definition) is 4. The topological polar surface area (TPSA) is 50.2 Å². The number of fused-ring (bicyclic) bond motifs is 1. The maximum atomic E-state index is 12.2. The lowest BCUT2D eigenvalue weighted by atomic mass is 10.1. The SMILES string of the molecule is C[C@@H]1c2nc(CC(=O)NCCc3cccs3)cn2CCN1C1CCCC1. The average molecular weight is 373 g/mol. The summed E-state index contributed by atoms with van der Waals surface area (Å²) in [7, 11) is 0. The zero-order valence-electron chi connectivity index (χ0n) is 15.5. The summed E-state index contributed by atoms with van der Waals surface area (Å²) in [5.41, 5.74) is 0.897. The standard InChI is InChI=1S/C20H28N4OS/c1-15-20-22-16(13-19(25)21-9-8-18-7-4-12-26-18)14-23(20)10-11-24(15)17-5-2-3-6-17/h4,7,12,14-15,17H,2-3,5-6,8-11,13H2,1H3,(H,21,25)/t15-/m1/s1. The number of aromatic nitrogens is 2. The van der Waals surface area contributed by atoms with Crippen molar-refractivity contribution in [3.8, 4) is 0 Å². The van der Waals surface area contributed by atoms with Crippen molar-refractivity contribution in [2.45, 2.75) is 64.1 Å². The summed E-state index contributed by atoms with van der Waals surface area (Å²) in [5.74, 6) is 1.20. The van der Waals surface area contributed by atoms with Gasteiger partial charge in [-0.1, -0.05) is 18.9 Å². The Morgan fingerprint density at radius 2 is 2.19 bits per heavy atom. The van der Waals surface area contributed by atoms with Gasteiger partial charge in [0.15, 0.2) is 0 Å². The lowest BCUT2D eigenvalue weighted by Gasteiger charge is -2.38. The Hall–Kier alpha value is -1.66. The van der Waals surface area contributed by atoms with Gasteiger partial charge in [0.1, 0.15) is 5.82 Å². The highest BCUT2D eigenvalue weighted by Crippen LogP contribution is 2.33. The fraction of sp³-hybridized carbons (Fsp3) is 0.600. The number of amides is 1. The summed E-state index contributed by atoms with van der Waals surface area (Å²) in [4.78, 5) is 21.0. The molecule has 5 nitrogen and oxygen atoms in total. The Kier molecular flexibility index (Phi) is 5.41. The smallest absolute Gasteiger partial charge is 0.226 e. The molecule has 2 aromatic heterocycles. The first-order chi connectivity index (χ1) is 12.7. The molecule has 1 N–H and O–H groups in total. The van der Waals surface area contributed by atoms with Gasteiger partial charge >= 0.3 is 0 Å². The van der Waals surface area contributed by atoms with Crippen LogP contribution >= 0.6 is 11.3 Å². The van der Waals surface area contributed by atoms with Crippen molar-refractivity contribution in [1.82, 2.24) is 19.8 Å². The van der Waals surface area contributed by atoms with E-state index < -0.39 is 0 Å². The molecule has 3 heterocycles. The molecule has 0 radical (unpaired) electrons. The van der Waals surface area contributed by atoms with Crippen LogP contribution in [0, 0.1) is 0 Å². The van der Waals surface area contributed by atoms with Crippen molar-refractivity contribution in [2.75, 3.05) is 13.1 Å². The van der Waals surface area contributed by atoms with Gasteiger partial charge in [-0.25, -0.2) is 4.98 Å². The number of nitrogens with zero attached hydrogens (tertiary/aromatic N) is 3. The quantitative estimate of drug-likeness (QED) is 0.847. The Bertz CT molecular complexity index is 733. The van der Waals surface area contributed by atoms with Crippen molar-refractivity contribution in [1.29, 1.82) is 0 Å². The molecule has 0 saturated heterocycles. The number of hydrogen-bond donors (Lipinski definition) is 1. The van der Waals surface area contributed by atoms with E-state index in [1.807, 2.05) is 6.07 Å². The van der Waals surface area contributed by atoms with Gasteiger partial charge in [0.25, 0.3) is 0 Å². The molecule has 0 aromatic carbocycles. The highest BCUT2D eigenvalue weighted by Gasteiger charge is 2.32. The van der Waals surface area contributed by atoms with Crippen LogP contribution < -0.4 is 5.32 Å². The van der Waals surface area contributed by atoms with Crippen LogP contribution in [0.5, 0.6) is 0 Å². The summed E-state index contributed by atoms with van der Waals surface area (Å²) < 4.78 is 2.25. The Balaban J connectivity index is 1.33. The predicted molar refractivity (Wildman–Crippen MR) is 104 cm³/mol. The van der Waals surface area contributed by atoms with Gasteiger partial charge in [0.2, 0.25) is 5.91 Å². The van der Waals surface area contributed by atoms with Gasteiger partial charge in [0, 0.05) is 36.8 Å². The molecule has 1 saturated carbocycles. The molecule has 1 atom stereocenters. The minimum Gasteiger partial charge on any atom is -0.355 e. The maximum absolute atomic E-state index is 12.2. The number of thiophene rings is 1. The first kappa shape index (κ1) is 17.7. The normalized spacial score (nSPS) is 21.0. The zero-order chi connectivity index (χ0) is 17.9. The number of nitrogens with one attached hydrogen (secondary N) is 1. The molecule has 1 amide bonds. The molecule has 26 heavy (non-hydrogen) atoms. The molecule has 4 rings (SSSR count). The van der Waals surface area contributed by atoms with Crippen LogP contribution in [0.2, 0.25) is 0 Å². The minimum absolute atomic E-state index is 0.0669. The summed E-state index contributed by atoms with van der Waals surface area (Å²) in [5, 5.41) is 5.09. The van der Waals surface area contributed by atoms with Crippen LogP contribution in [-0.2, 0) is 24.2 Å². The largest absolute Gasteiger partial charge is 0.355 e. The molecule has 6 heteroatoms. The van der Waals surface area contributed by atoms with Crippen LogP contribution in [-0.4, -0.2) is 39.5 Å². The summed E-state index contributed by atoms with van der Waals surface area (Å²) in [6.45, 7) is 5.05. The van der Waals surface area contributed by atoms with Crippen LogP contribution in [0.25, 0.3) is 0 Å². The Labute approximate surface area is 159 Å². The number of carbonyl (C=O) groups excluding carboxylic acids is 1. The third-order valence-electron chi connectivity index (χ3n) is 5.74. The van der Waals surface area contributed by atoms with E-state index in [9.17, 15) is 4.79 Å². The molecule has 0 unspecified atom stereocenters. The second kappa shape index (κ2) is 7.92. The van der Waals surface area contributed by atoms with Crippen LogP contribution in [0.1, 0.15) is 55.0 Å². The summed E-state index contributed by atoms with van der Waals surface area (Å²) >= 11 is 1.74. The maximum Gasteiger partial charge on any atom is 0.226 e. The van der Waals surface area contributed by atoms with Crippen LogP contribution in [0.3, 0.4) is 0 Å². The fourth-order valence-electron chi connectivity index (χ4n) is 4.39. The van der Waals surface area contributed by atoms with Crippen molar-refractivity contribution in [3.63, 3.8) is 0 Å². The van der Waals surface area contributed by atoms with E-state index in [4.69, 9.17) is 4.98 Å². The van der Waals surface area contributed by atoms with Gasteiger partial charge in [0.05, 0.1) is 18.2 Å². The minimum atomic E-state index is 0.0669. The van der Waals surface area contributed by atoms with Crippen molar-refractivity contribution >= 4 is 17.2 Å². The summed E-state index contributed by atoms with van der Waals surface area (Å²) in [6.07, 6.45) is 8.72. The first-order valence-corrected chi connectivity index (χ1v) is 10.7. The second-order valence-corrected chi connectivity index (χ2v) is 8.52. The van der Waals surface area contributed by atoms with Crippen LogP contribution in [0.15, 0.2) is 23.7 Å². The lowest BCUT2D eigenvalue weighted by Crippen LogP contribution is -2.42. The predicted octanol–water partition coefficient (Wildman–Crippen LogP) is 3.17. The monoisotopic (exact) mass is 372 g/mol. The first-order valence-electron chi connectivity index (χ1n) is 9.81. The van der Waals surface area contributed by atoms with Crippen molar-refractivity contribution in [2.24, 2.45) is 0 Å². The zero-order valence-corrected chi connectivity index (χ0v) is 16.3. The van der Waals surface area contributed by atoms with Gasteiger partial charge in [-0.3, -0.25) is 9.69 Å². The number of rotatable bonds is 6. The molecule has 1 fully saturated rings. The fourth-order valence-corrected chi connectivity index (χ4v) is 5.10. The molecule has 140 valence electrons. The average Bonchev–Trinajstić information content (AvgIpc) is 3.36. The van der Waals surface area contributed by atoms with Crippen molar-refractivity contribution in [3.05, 3.63) is 40.1 Å². The highest BCUT2D eigenvalue weighted by atomic mass is 32.1. The van der Waals surface area contributed by atoms with E-state index in [1.165, 1.54) is 30.6 Å². The molecule has 1 aliphatic heterocycles. The molecule has 0 bridgehead atoms. The Morgan fingerprint density at radius 1 is 1.35 bits per heavy atom. The molecule has 0 spiro atoms. The Morgan fingerprint density at radius 3 is 2.96 bits per heavy atom. The van der Waals surface area contributed by atoms with Gasteiger partial charge in [-0.15, -0.1) is 11.3 Å². The van der Waals surface area contributed by atoms with Gasteiger partial charge in [-0.2, -0.15) is 0 Å².